The normalized spacial score (nSPS) is 18.6. The number of benzene rings is 1. The highest BCUT2D eigenvalue weighted by Gasteiger charge is 2.23. The minimum absolute atomic E-state index is 0.0444. The van der Waals surface area contributed by atoms with Gasteiger partial charge in [-0.15, -0.1) is 0 Å². The van der Waals surface area contributed by atoms with Crippen LogP contribution < -0.4 is 0 Å². The monoisotopic (exact) mass is 386 g/mol. The van der Waals surface area contributed by atoms with Crippen LogP contribution in [0, 0.1) is 5.92 Å². The lowest BCUT2D eigenvalue weighted by Gasteiger charge is -2.31. The number of likely N-dealkylation sites (tertiary alicyclic amines) is 1. The Morgan fingerprint density at radius 3 is 2.76 bits per heavy atom. The van der Waals surface area contributed by atoms with Gasteiger partial charge in [0, 0.05) is 37.6 Å². The molecule has 1 aromatic carbocycles. The van der Waals surface area contributed by atoms with Gasteiger partial charge in [0.15, 0.2) is 0 Å². The van der Waals surface area contributed by atoms with Gasteiger partial charge in [-0.1, -0.05) is 30.7 Å². The fourth-order valence-electron chi connectivity index (χ4n) is 3.18. The second-order valence-corrected chi connectivity index (χ2v) is 9.30. The predicted octanol–water partition coefficient (Wildman–Crippen LogP) is 2.79. The molecule has 1 aliphatic heterocycles. The molecule has 0 radical (unpaired) electrons. The molecular formula is C18H27ClN2O3S. The molecule has 0 N–H and O–H groups in total. The van der Waals surface area contributed by atoms with Crippen molar-refractivity contribution < 1.29 is 13.2 Å². The number of amides is 1. The van der Waals surface area contributed by atoms with Gasteiger partial charge in [-0.25, -0.2) is 12.7 Å². The minimum atomic E-state index is -3.35. The molecule has 0 aromatic heterocycles. The molecular weight excluding hydrogens is 360 g/mol. The number of halogens is 1. The zero-order valence-corrected chi connectivity index (χ0v) is 16.5. The number of nitrogens with zero attached hydrogens (tertiary/aromatic N) is 2. The summed E-state index contributed by atoms with van der Waals surface area (Å²) in [6.45, 7) is 4.28. The van der Waals surface area contributed by atoms with Gasteiger partial charge in [-0.05, 0) is 42.9 Å². The summed E-state index contributed by atoms with van der Waals surface area (Å²) in [5.41, 5.74) is 0.984. The first kappa shape index (κ1) is 20.2. The van der Waals surface area contributed by atoms with Crippen LogP contribution in [-0.4, -0.2) is 56.0 Å². The molecule has 1 amide bonds. The highest BCUT2D eigenvalue weighted by Crippen LogP contribution is 2.17. The van der Waals surface area contributed by atoms with Crippen LogP contribution in [0.15, 0.2) is 24.3 Å². The van der Waals surface area contributed by atoms with Gasteiger partial charge in [-0.3, -0.25) is 4.79 Å². The van der Waals surface area contributed by atoms with Crippen LogP contribution in [0.1, 0.15) is 31.7 Å². The summed E-state index contributed by atoms with van der Waals surface area (Å²) in [5, 5.41) is 0.637. The van der Waals surface area contributed by atoms with E-state index in [0.717, 1.165) is 31.5 Å². The topological polar surface area (TPSA) is 57.7 Å². The van der Waals surface area contributed by atoms with E-state index in [9.17, 15) is 13.2 Å². The van der Waals surface area contributed by atoms with Crippen LogP contribution >= 0.6 is 11.6 Å². The molecule has 0 saturated carbocycles. The Bertz CT molecular complexity index is 693. The van der Waals surface area contributed by atoms with Crippen molar-refractivity contribution in [2.45, 2.75) is 32.6 Å². The van der Waals surface area contributed by atoms with Crippen LogP contribution in [0.25, 0.3) is 0 Å². The van der Waals surface area contributed by atoms with E-state index in [4.69, 9.17) is 11.6 Å². The number of hydrogen-bond acceptors (Lipinski definition) is 3. The van der Waals surface area contributed by atoms with E-state index >= 15 is 0 Å². The third-order valence-corrected chi connectivity index (χ3v) is 6.13. The second kappa shape index (κ2) is 9.01. The first-order valence-electron chi connectivity index (χ1n) is 8.73. The number of carbonyl (C=O) groups excluding carboxylic acids is 1. The Hall–Kier alpha value is -1.11. The molecule has 2 rings (SSSR count). The molecule has 1 heterocycles. The third-order valence-electron chi connectivity index (χ3n) is 4.59. The van der Waals surface area contributed by atoms with Crippen LogP contribution in [0.2, 0.25) is 5.02 Å². The Morgan fingerprint density at radius 1 is 1.36 bits per heavy atom. The van der Waals surface area contributed by atoms with E-state index in [2.05, 4.69) is 6.92 Å². The van der Waals surface area contributed by atoms with Crippen molar-refractivity contribution in [3.05, 3.63) is 34.9 Å². The van der Waals surface area contributed by atoms with Gasteiger partial charge in [0.1, 0.15) is 0 Å². The zero-order valence-electron chi connectivity index (χ0n) is 14.9. The van der Waals surface area contributed by atoms with Gasteiger partial charge in [0.25, 0.3) is 0 Å². The third kappa shape index (κ3) is 6.60. The van der Waals surface area contributed by atoms with Crippen LogP contribution in [0.3, 0.4) is 0 Å². The van der Waals surface area contributed by atoms with E-state index in [1.165, 1.54) is 10.6 Å². The maximum Gasteiger partial charge on any atom is 0.223 e. The average Bonchev–Trinajstić information content (AvgIpc) is 2.53. The summed E-state index contributed by atoms with van der Waals surface area (Å²) >= 11 is 5.97. The first-order chi connectivity index (χ1) is 11.8. The molecule has 5 nitrogen and oxygen atoms in total. The highest BCUT2D eigenvalue weighted by molar-refractivity contribution is 7.88. The van der Waals surface area contributed by atoms with Crippen molar-refractivity contribution in [3.63, 3.8) is 0 Å². The summed E-state index contributed by atoms with van der Waals surface area (Å²) in [7, 11) is -3.35. The van der Waals surface area contributed by atoms with Gasteiger partial charge in [0.05, 0.1) is 6.26 Å². The SMILES string of the molecule is CC1CCCN(C(=O)CCN(CCc2cccc(Cl)c2)S(C)(=O)=O)C1. The highest BCUT2D eigenvalue weighted by atomic mass is 35.5. The molecule has 1 atom stereocenters. The van der Waals surface area contributed by atoms with Crippen molar-refractivity contribution in [3.8, 4) is 0 Å². The minimum Gasteiger partial charge on any atom is -0.342 e. The van der Waals surface area contributed by atoms with Crippen molar-refractivity contribution >= 4 is 27.5 Å². The van der Waals surface area contributed by atoms with E-state index in [1.54, 1.807) is 6.07 Å². The summed E-state index contributed by atoms with van der Waals surface area (Å²) in [6.07, 6.45) is 4.17. The standard InChI is InChI=1S/C18H27ClN2O3S/c1-15-5-4-10-20(14-15)18(22)9-12-21(25(2,23)24)11-8-16-6-3-7-17(19)13-16/h3,6-7,13,15H,4-5,8-12,14H2,1-2H3. The molecule has 1 unspecified atom stereocenters. The first-order valence-corrected chi connectivity index (χ1v) is 11.0. The second-order valence-electron chi connectivity index (χ2n) is 6.88. The summed E-state index contributed by atoms with van der Waals surface area (Å²) in [5.74, 6) is 0.564. The molecule has 1 fully saturated rings. The van der Waals surface area contributed by atoms with Gasteiger partial charge in [-0.2, -0.15) is 0 Å². The smallest absolute Gasteiger partial charge is 0.223 e. The van der Waals surface area contributed by atoms with Crippen molar-refractivity contribution in [1.29, 1.82) is 0 Å². The Balaban J connectivity index is 1.90. The number of rotatable bonds is 7. The lowest BCUT2D eigenvalue weighted by molar-refractivity contribution is -0.133. The lowest BCUT2D eigenvalue weighted by Crippen LogP contribution is -2.41. The van der Waals surface area contributed by atoms with E-state index in [0.29, 0.717) is 23.9 Å². The molecule has 1 aromatic rings. The Labute approximate surface area is 156 Å². The Morgan fingerprint density at radius 2 is 2.12 bits per heavy atom. The van der Waals surface area contributed by atoms with E-state index in [-0.39, 0.29) is 18.9 Å². The molecule has 0 spiro atoms. The molecule has 0 bridgehead atoms. The molecule has 25 heavy (non-hydrogen) atoms. The fraction of sp³-hybridized carbons (Fsp3) is 0.611. The summed E-state index contributed by atoms with van der Waals surface area (Å²) in [4.78, 5) is 14.2. The fourth-order valence-corrected chi connectivity index (χ4v) is 4.24. The summed E-state index contributed by atoms with van der Waals surface area (Å²) < 4.78 is 25.5. The predicted molar refractivity (Wildman–Crippen MR) is 101 cm³/mol. The van der Waals surface area contributed by atoms with Crippen LogP contribution in [-0.2, 0) is 21.2 Å². The maximum absolute atomic E-state index is 12.4. The van der Waals surface area contributed by atoms with Crippen molar-refractivity contribution in [1.82, 2.24) is 9.21 Å². The average molecular weight is 387 g/mol. The number of piperidine rings is 1. The lowest BCUT2D eigenvalue weighted by atomic mass is 10.00. The van der Waals surface area contributed by atoms with E-state index in [1.807, 2.05) is 23.1 Å². The maximum atomic E-state index is 12.4. The molecule has 7 heteroatoms. The number of carbonyl (C=O) groups is 1. The summed E-state index contributed by atoms with van der Waals surface area (Å²) in [6, 6.07) is 7.40. The molecule has 0 aliphatic carbocycles. The number of sulfonamides is 1. The van der Waals surface area contributed by atoms with Gasteiger partial charge >= 0.3 is 0 Å². The molecule has 1 saturated heterocycles. The Kier molecular flexibility index (Phi) is 7.28. The van der Waals surface area contributed by atoms with Gasteiger partial charge < -0.3 is 4.90 Å². The van der Waals surface area contributed by atoms with Crippen molar-refractivity contribution in [2.75, 3.05) is 32.4 Å². The number of hydrogen-bond donors (Lipinski definition) is 0. The molecule has 140 valence electrons. The largest absolute Gasteiger partial charge is 0.342 e. The van der Waals surface area contributed by atoms with Crippen LogP contribution in [0.5, 0.6) is 0 Å². The molecule has 1 aliphatic rings. The zero-order chi connectivity index (χ0) is 18.4. The van der Waals surface area contributed by atoms with Gasteiger partial charge in [0.2, 0.25) is 15.9 Å². The van der Waals surface area contributed by atoms with Crippen molar-refractivity contribution in [2.24, 2.45) is 5.92 Å². The van der Waals surface area contributed by atoms with Crippen LogP contribution in [0.4, 0.5) is 0 Å². The quantitative estimate of drug-likeness (QED) is 0.724. The van der Waals surface area contributed by atoms with E-state index < -0.39 is 10.0 Å².